The monoisotopic (exact) mass is 472 g/mol. The molecule has 0 aliphatic heterocycles. The van der Waals surface area contributed by atoms with Crippen LogP contribution in [0.15, 0.2) is 59.5 Å². The number of sulfonamides is 1. The van der Waals surface area contributed by atoms with E-state index in [-0.39, 0.29) is 23.3 Å². The maximum Gasteiger partial charge on any atom is 0.339 e. The van der Waals surface area contributed by atoms with Crippen LogP contribution in [0.4, 0.5) is 10.7 Å². The van der Waals surface area contributed by atoms with Crippen LogP contribution in [0.25, 0.3) is 11.1 Å². The Bertz CT molecular complexity index is 1260. The minimum atomic E-state index is -4.51. The van der Waals surface area contributed by atoms with Crippen molar-refractivity contribution in [1.29, 1.82) is 0 Å². The lowest BCUT2D eigenvalue weighted by molar-refractivity contribution is 0.0596. The molecule has 0 saturated carbocycles. The summed E-state index contributed by atoms with van der Waals surface area (Å²) in [5, 5.41) is 2.20. The van der Waals surface area contributed by atoms with Crippen LogP contribution in [0.3, 0.4) is 0 Å². The van der Waals surface area contributed by atoms with Crippen LogP contribution in [0.5, 0.6) is 11.8 Å². The van der Waals surface area contributed by atoms with Crippen molar-refractivity contribution in [2.45, 2.75) is 4.90 Å². The second-order valence-electron chi connectivity index (χ2n) is 6.40. The standard InChI is InChI=1S/C21H20N4O7S/c1-30-17-12-18(31-2)23-20(22-17)24-21(27)25-33(28,29)16-11-14(13-7-5-4-6-8-13)9-10-15(16)19(26)32-3/h4-12H,1-3H3,(H2,22,23,24,25,27). The van der Waals surface area contributed by atoms with Crippen molar-refractivity contribution in [3.05, 3.63) is 60.2 Å². The van der Waals surface area contributed by atoms with Gasteiger partial charge < -0.3 is 14.2 Å². The van der Waals surface area contributed by atoms with Crippen LogP contribution in [-0.2, 0) is 14.8 Å². The minimum Gasteiger partial charge on any atom is -0.481 e. The molecule has 3 rings (SSSR count). The highest BCUT2D eigenvalue weighted by molar-refractivity contribution is 7.90. The Labute approximate surface area is 189 Å². The first-order valence-electron chi connectivity index (χ1n) is 9.36. The van der Waals surface area contributed by atoms with E-state index >= 15 is 0 Å². The lowest BCUT2D eigenvalue weighted by Gasteiger charge is -2.13. The molecule has 0 atom stereocenters. The van der Waals surface area contributed by atoms with E-state index in [1.54, 1.807) is 30.3 Å². The maximum atomic E-state index is 13.0. The number of nitrogens with one attached hydrogen (secondary N) is 2. The Balaban J connectivity index is 1.94. The summed E-state index contributed by atoms with van der Waals surface area (Å²) in [6.07, 6.45) is 0. The zero-order chi connectivity index (χ0) is 24.0. The number of rotatable bonds is 7. The summed E-state index contributed by atoms with van der Waals surface area (Å²) in [4.78, 5) is 32.0. The molecule has 12 heteroatoms. The number of carbonyl (C=O) groups excluding carboxylic acids is 2. The van der Waals surface area contributed by atoms with Gasteiger partial charge in [0.2, 0.25) is 17.7 Å². The van der Waals surface area contributed by atoms with Gasteiger partial charge in [0.1, 0.15) is 4.90 Å². The van der Waals surface area contributed by atoms with Crippen molar-refractivity contribution in [1.82, 2.24) is 14.7 Å². The number of urea groups is 1. The van der Waals surface area contributed by atoms with Crippen LogP contribution in [-0.4, -0.2) is 51.7 Å². The highest BCUT2D eigenvalue weighted by Crippen LogP contribution is 2.26. The van der Waals surface area contributed by atoms with Crippen LogP contribution in [0, 0.1) is 0 Å². The molecule has 0 aliphatic carbocycles. The Hall–Kier alpha value is -4.19. The molecule has 1 heterocycles. The second kappa shape index (κ2) is 9.96. The van der Waals surface area contributed by atoms with Gasteiger partial charge in [0, 0.05) is 0 Å². The van der Waals surface area contributed by atoms with E-state index < -0.39 is 26.9 Å². The third kappa shape index (κ3) is 5.54. The molecule has 0 saturated heterocycles. The van der Waals surface area contributed by atoms with Crippen molar-refractivity contribution < 1.29 is 32.2 Å². The number of anilines is 1. The van der Waals surface area contributed by atoms with E-state index in [0.717, 1.165) is 7.11 Å². The highest BCUT2D eigenvalue weighted by Gasteiger charge is 2.26. The maximum absolute atomic E-state index is 13.0. The fourth-order valence-electron chi connectivity index (χ4n) is 2.81. The predicted octanol–water partition coefficient (Wildman–Crippen LogP) is 2.46. The molecule has 172 valence electrons. The van der Waals surface area contributed by atoms with E-state index in [1.165, 1.54) is 32.4 Å². The average Bonchev–Trinajstić information content (AvgIpc) is 2.82. The zero-order valence-electron chi connectivity index (χ0n) is 17.9. The molecular formula is C21H20N4O7S. The normalized spacial score (nSPS) is 10.8. The molecule has 0 unspecified atom stereocenters. The number of hydrogen-bond donors (Lipinski definition) is 2. The van der Waals surface area contributed by atoms with Gasteiger partial charge in [-0.3, -0.25) is 5.32 Å². The second-order valence-corrected chi connectivity index (χ2v) is 8.06. The number of carbonyl (C=O) groups is 2. The Morgan fingerprint density at radius 3 is 2.06 bits per heavy atom. The fourth-order valence-corrected chi connectivity index (χ4v) is 3.93. The first kappa shape index (κ1) is 23.5. The van der Waals surface area contributed by atoms with Crippen LogP contribution < -0.4 is 19.5 Å². The number of methoxy groups -OCH3 is 3. The van der Waals surface area contributed by atoms with E-state index in [1.807, 2.05) is 10.8 Å². The van der Waals surface area contributed by atoms with Crippen LogP contribution >= 0.6 is 0 Å². The topological polar surface area (TPSA) is 146 Å². The molecule has 0 bridgehead atoms. The van der Waals surface area contributed by atoms with Crippen molar-refractivity contribution in [3.63, 3.8) is 0 Å². The van der Waals surface area contributed by atoms with E-state index in [9.17, 15) is 18.0 Å². The minimum absolute atomic E-state index is 0.0866. The summed E-state index contributed by atoms with van der Waals surface area (Å²) in [6, 6.07) is 13.3. The first-order chi connectivity index (χ1) is 15.8. The number of benzene rings is 2. The number of hydrogen-bond acceptors (Lipinski definition) is 9. The molecule has 1 aromatic heterocycles. The Kier molecular flexibility index (Phi) is 7.08. The molecule has 3 aromatic rings. The highest BCUT2D eigenvalue weighted by atomic mass is 32.2. The van der Waals surface area contributed by atoms with Gasteiger partial charge in [-0.25, -0.2) is 22.7 Å². The van der Waals surface area contributed by atoms with E-state index in [2.05, 4.69) is 20.0 Å². The molecule has 2 amide bonds. The van der Waals surface area contributed by atoms with E-state index in [0.29, 0.717) is 11.1 Å². The average molecular weight is 472 g/mol. The largest absolute Gasteiger partial charge is 0.481 e. The van der Waals surface area contributed by atoms with Gasteiger partial charge in [0.15, 0.2) is 0 Å². The number of ether oxygens (including phenoxy) is 3. The molecular weight excluding hydrogens is 452 g/mol. The number of aromatic nitrogens is 2. The molecule has 0 radical (unpaired) electrons. The van der Waals surface area contributed by atoms with Gasteiger partial charge in [-0.1, -0.05) is 36.4 Å². The zero-order valence-corrected chi connectivity index (χ0v) is 18.7. The molecule has 0 fully saturated rings. The summed E-state index contributed by atoms with van der Waals surface area (Å²) in [7, 11) is -0.683. The Morgan fingerprint density at radius 1 is 0.848 bits per heavy atom. The molecule has 33 heavy (non-hydrogen) atoms. The lowest BCUT2D eigenvalue weighted by Crippen LogP contribution is -2.35. The lowest BCUT2D eigenvalue weighted by atomic mass is 10.0. The summed E-state index contributed by atoms with van der Waals surface area (Å²) in [5.74, 6) is -0.964. The van der Waals surface area contributed by atoms with Gasteiger partial charge in [-0.2, -0.15) is 9.97 Å². The molecule has 0 spiro atoms. The predicted molar refractivity (Wildman–Crippen MR) is 118 cm³/mol. The van der Waals surface area contributed by atoms with Gasteiger partial charge >= 0.3 is 12.0 Å². The Morgan fingerprint density at radius 2 is 1.48 bits per heavy atom. The van der Waals surface area contributed by atoms with E-state index in [4.69, 9.17) is 9.47 Å². The van der Waals surface area contributed by atoms with Crippen molar-refractivity contribution in [2.75, 3.05) is 26.6 Å². The molecule has 11 nitrogen and oxygen atoms in total. The van der Waals surface area contributed by atoms with Gasteiger partial charge in [-0.05, 0) is 23.3 Å². The summed E-state index contributed by atoms with van der Waals surface area (Å²) in [5.41, 5.74) is 0.994. The third-order valence-corrected chi connectivity index (χ3v) is 5.70. The quantitative estimate of drug-likeness (QED) is 0.495. The summed E-state index contributed by atoms with van der Waals surface area (Å²) >= 11 is 0. The van der Waals surface area contributed by atoms with Crippen molar-refractivity contribution in [3.8, 4) is 22.9 Å². The van der Waals surface area contributed by atoms with Gasteiger partial charge in [0.25, 0.3) is 10.0 Å². The summed E-state index contributed by atoms with van der Waals surface area (Å²) in [6.45, 7) is 0. The third-order valence-electron chi connectivity index (χ3n) is 4.33. The molecule has 2 N–H and O–H groups in total. The number of nitrogens with zero attached hydrogens (tertiary/aromatic N) is 2. The number of amides is 2. The van der Waals surface area contributed by atoms with Gasteiger partial charge in [-0.15, -0.1) is 0 Å². The van der Waals surface area contributed by atoms with Crippen molar-refractivity contribution >= 4 is 28.0 Å². The van der Waals surface area contributed by atoms with Crippen LogP contribution in [0.1, 0.15) is 10.4 Å². The van der Waals surface area contributed by atoms with Crippen molar-refractivity contribution in [2.24, 2.45) is 0 Å². The molecule has 0 aliphatic rings. The summed E-state index contributed by atoms with van der Waals surface area (Å²) < 4.78 is 42.6. The van der Waals surface area contributed by atoms with Gasteiger partial charge in [0.05, 0.1) is 33.0 Å². The number of esters is 1. The smallest absolute Gasteiger partial charge is 0.339 e. The molecule has 2 aromatic carbocycles. The SMILES string of the molecule is COC(=O)c1ccc(-c2ccccc2)cc1S(=O)(=O)NC(=O)Nc1nc(OC)cc(OC)n1. The fraction of sp³-hybridized carbons (Fsp3) is 0.143. The van der Waals surface area contributed by atoms with Crippen LogP contribution in [0.2, 0.25) is 0 Å². The first-order valence-corrected chi connectivity index (χ1v) is 10.8.